The molecule has 0 aliphatic heterocycles. The van der Waals surface area contributed by atoms with Gasteiger partial charge in [0.05, 0.1) is 19.3 Å². The normalized spacial score (nSPS) is 10.4. The zero-order valence-corrected chi connectivity index (χ0v) is 8.60. The summed E-state index contributed by atoms with van der Waals surface area (Å²) in [4.78, 5) is 11.6. The predicted octanol–water partition coefficient (Wildman–Crippen LogP) is 0.0780. The van der Waals surface area contributed by atoms with Crippen LogP contribution < -0.4 is 5.32 Å². The molecular weight excluding hydrogens is 194 g/mol. The zero-order chi connectivity index (χ0) is 11.3. The maximum Gasteiger partial charge on any atom is 0.251 e. The molecule has 82 valence electrons. The maximum absolute atomic E-state index is 11.6. The minimum atomic E-state index is -0.599. The third-order valence-corrected chi connectivity index (χ3v) is 2.06. The van der Waals surface area contributed by atoms with E-state index in [1.165, 1.54) is 0 Å². The van der Waals surface area contributed by atoms with Crippen LogP contribution in [0.15, 0.2) is 24.3 Å². The number of hydrogen-bond donors (Lipinski definition) is 3. The lowest BCUT2D eigenvalue weighted by Crippen LogP contribution is -2.40. The highest BCUT2D eigenvalue weighted by Gasteiger charge is 2.11. The van der Waals surface area contributed by atoms with E-state index in [0.29, 0.717) is 5.56 Å². The number of nitrogens with one attached hydrogen (secondary N) is 1. The van der Waals surface area contributed by atoms with Crippen molar-refractivity contribution in [3.05, 3.63) is 35.4 Å². The van der Waals surface area contributed by atoms with Gasteiger partial charge in [-0.2, -0.15) is 0 Å². The van der Waals surface area contributed by atoms with Gasteiger partial charge in [0.25, 0.3) is 5.91 Å². The van der Waals surface area contributed by atoms with Crippen molar-refractivity contribution in [1.29, 1.82) is 0 Å². The molecule has 0 aromatic heterocycles. The standard InChI is InChI=1S/C11H15NO3/c1-8-3-2-4-9(5-8)11(15)12-10(6-13)7-14/h2-5,10,13-14H,6-7H2,1H3,(H,12,15). The number of aliphatic hydroxyl groups excluding tert-OH is 2. The van der Waals surface area contributed by atoms with Gasteiger partial charge >= 0.3 is 0 Å². The summed E-state index contributed by atoms with van der Waals surface area (Å²) >= 11 is 0. The van der Waals surface area contributed by atoms with Crippen LogP contribution in [0.5, 0.6) is 0 Å². The Morgan fingerprint density at radius 1 is 1.40 bits per heavy atom. The van der Waals surface area contributed by atoms with Crippen LogP contribution in [0.3, 0.4) is 0 Å². The topological polar surface area (TPSA) is 69.6 Å². The van der Waals surface area contributed by atoms with Gasteiger partial charge in [-0.05, 0) is 19.1 Å². The lowest BCUT2D eigenvalue weighted by atomic mass is 10.1. The predicted molar refractivity (Wildman–Crippen MR) is 56.6 cm³/mol. The lowest BCUT2D eigenvalue weighted by molar-refractivity contribution is 0.0879. The minimum absolute atomic E-state index is 0.270. The van der Waals surface area contributed by atoms with Gasteiger partial charge in [-0.15, -0.1) is 0 Å². The molecule has 1 rings (SSSR count). The average molecular weight is 209 g/mol. The number of carbonyl (C=O) groups excluding carboxylic acids is 1. The number of hydrogen-bond acceptors (Lipinski definition) is 3. The molecule has 0 bridgehead atoms. The van der Waals surface area contributed by atoms with Crippen molar-refractivity contribution in [3.8, 4) is 0 Å². The van der Waals surface area contributed by atoms with Gasteiger partial charge in [-0.3, -0.25) is 4.79 Å². The molecule has 0 aliphatic carbocycles. The summed E-state index contributed by atoms with van der Waals surface area (Å²) in [6, 6.07) is 6.52. The van der Waals surface area contributed by atoms with Crippen LogP contribution in [0.1, 0.15) is 15.9 Å². The Hall–Kier alpha value is -1.39. The van der Waals surface area contributed by atoms with Crippen molar-refractivity contribution in [2.24, 2.45) is 0 Å². The van der Waals surface area contributed by atoms with Crippen LogP contribution in [-0.4, -0.2) is 35.4 Å². The smallest absolute Gasteiger partial charge is 0.251 e. The third-order valence-electron chi connectivity index (χ3n) is 2.06. The SMILES string of the molecule is Cc1cccc(C(=O)NC(CO)CO)c1. The van der Waals surface area contributed by atoms with Gasteiger partial charge in [-0.25, -0.2) is 0 Å². The highest BCUT2D eigenvalue weighted by atomic mass is 16.3. The molecule has 0 fully saturated rings. The van der Waals surface area contributed by atoms with Gasteiger partial charge in [0.2, 0.25) is 0 Å². The van der Waals surface area contributed by atoms with E-state index >= 15 is 0 Å². The number of aliphatic hydroxyl groups is 2. The third kappa shape index (κ3) is 3.34. The molecule has 4 nitrogen and oxygen atoms in total. The van der Waals surface area contributed by atoms with E-state index in [1.54, 1.807) is 18.2 Å². The van der Waals surface area contributed by atoms with Gasteiger partial charge in [-0.1, -0.05) is 17.7 Å². The second-order valence-corrected chi connectivity index (χ2v) is 3.41. The first-order chi connectivity index (χ1) is 7.17. The van der Waals surface area contributed by atoms with Crippen molar-refractivity contribution < 1.29 is 15.0 Å². The molecule has 1 aromatic rings. The Morgan fingerprint density at radius 2 is 2.07 bits per heavy atom. The molecule has 0 unspecified atom stereocenters. The van der Waals surface area contributed by atoms with Crippen molar-refractivity contribution in [1.82, 2.24) is 5.32 Å². The molecule has 0 aliphatic rings. The van der Waals surface area contributed by atoms with Crippen LogP contribution in [0.4, 0.5) is 0 Å². The Morgan fingerprint density at radius 3 is 2.60 bits per heavy atom. The summed E-state index contributed by atoms with van der Waals surface area (Å²) in [6.45, 7) is 1.36. The number of rotatable bonds is 4. The van der Waals surface area contributed by atoms with E-state index in [-0.39, 0.29) is 19.1 Å². The van der Waals surface area contributed by atoms with Gasteiger partial charge in [0.15, 0.2) is 0 Å². The summed E-state index contributed by atoms with van der Waals surface area (Å²) in [6.07, 6.45) is 0. The minimum Gasteiger partial charge on any atom is -0.394 e. The Bertz CT molecular complexity index is 334. The van der Waals surface area contributed by atoms with E-state index in [0.717, 1.165) is 5.56 Å². The van der Waals surface area contributed by atoms with E-state index in [2.05, 4.69) is 5.32 Å². The van der Waals surface area contributed by atoms with Crippen molar-refractivity contribution in [2.75, 3.05) is 13.2 Å². The fraction of sp³-hybridized carbons (Fsp3) is 0.364. The van der Waals surface area contributed by atoms with Crippen molar-refractivity contribution in [3.63, 3.8) is 0 Å². The molecule has 0 atom stereocenters. The van der Waals surface area contributed by atoms with E-state index in [1.807, 2.05) is 13.0 Å². The van der Waals surface area contributed by atoms with Crippen LogP contribution in [-0.2, 0) is 0 Å². The highest BCUT2D eigenvalue weighted by Crippen LogP contribution is 2.03. The molecule has 0 saturated heterocycles. The van der Waals surface area contributed by atoms with Crippen molar-refractivity contribution >= 4 is 5.91 Å². The highest BCUT2D eigenvalue weighted by molar-refractivity contribution is 5.94. The maximum atomic E-state index is 11.6. The Labute approximate surface area is 88.6 Å². The monoisotopic (exact) mass is 209 g/mol. The molecule has 0 spiro atoms. The molecular formula is C11H15NO3. The molecule has 1 amide bonds. The van der Waals surface area contributed by atoms with Gasteiger partial charge in [0.1, 0.15) is 0 Å². The van der Waals surface area contributed by atoms with Crippen LogP contribution >= 0.6 is 0 Å². The average Bonchev–Trinajstić information content (AvgIpc) is 2.25. The molecule has 3 N–H and O–H groups in total. The second kappa shape index (κ2) is 5.48. The van der Waals surface area contributed by atoms with E-state index < -0.39 is 6.04 Å². The number of carbonyl (C=O) groups is 1. The fourth-order valence-corrected chi connectivity index (χ4v) is 1.20. The summed E-state index contributed by atoms with van der Waals surface area (Å²) in [5.74, 6) is -0.285. The van der Waals surface area contributed by atoms with Crippen LogP contribution in [0, 0.1) is 6.92 Å². The number of amides is 1. The van der Waals surface area contributed by atoms with E-state index in [9.17, 15) is 4.79 Å². The molecule has 0 saturated carbocycles. The first kappa shape index (κ1) is 11.7. The second-order valence-electron chi connectivity index (χ2n) is 3.41. The lowest BCUT2D eigenvalue weighted by Gasteiger charge is -2.13. The first-order valence-corrected chi connectivity index (χ1v) is 4.76. The summed E-state index contributed by atoms with van der Waals surface area (Å²) in [7, 11) is 0. The Kier molecular flexibility index (Phi) is 4.27. The summed E-state index contributed by atoms with van der Waals surface area (Å²) in [5, 5.41) is 20.1. The summed E-state index contributed by atoms with van der Waals surface area (Å²) < 4.78 is 0. The van der Waals surface area contributed by atoms with Gasteiger partial charge in [0, 0.05) is 5.56 Å². The molecule has 0 radical (unpaired) electrons. The molecule has 0 heterocycles. The molecule has 15 heavy (non-hydrogen) atoms. The number of aryl methyl sites for hydroxylation is 1. The van der Waals surface area contributed by atoms with Crippen LogP contribution in [0.25, 0.3) is 0 Å². The zero-order valence-electron chi connectivity index (χ0n) is 8.60. The van der Waals surface area contributed by atoms with Crippen LogP contribution in [0.2, 0.25) is 0 Å². The quantitative estimate of drug-likeness (QED) is 0.657. The fourth-order valence-electron chi connectivity index (χ4n) is 1.20. The number of benzene rings is 1. The first-order valence-electron chi connectivity index (χ1n) is 4.76. The van der Waals surface area contributed by atoms with Crippen molar-refractivity contribution in [2.45, 2.75) is 13.0 Å². The van der Waals surface area contributed by atoms with Gasteiger partial charge < -0.3 is 15.5 Å². The Balaban J connectivity index is 2.68. The largest absolute Gasteiger partial charge is 0.394 e. The molecule has 1 aromatic carbocycles. The molecule has 4 heteroatoms. The van der Waals surface area contributed by atoms with E-state index in [4.69, 9.17) is 10.2 Å². The summed E-state index contributed by atoms with van der Waals surface area (Å²) in [5.41, 5.74) is 1.52.